The highest BCUT2D eigenvalue weighted by Crippen LogP contribution is 2.30. The SMILES string of the molecule is CCCCC(CC)CC(O)c1cc(F)ccc1N. The van der Waals surface area contributed by atoms with Crippen LogP contribution in [0.25, 0.3) is 0 Å². The van der Waals surface area contributed by atoms with Gasteiger partial charge >= 0.3 is 0 Å². The summed E-state index contributed by atoms with van der Waals surface area (Å²) in [5.41, 5.74) is 6.77. The van der Waals surface area contributed by atoms with Crippen LogP contribution in [-0.2, 0) is 0 Å². The summed E-state index contributed by atoms with van der Waals surface area (Å²) in [6.07, 6.45) is 4.47. The van der Waals surface area contributed by atoms with Crippen LogP contribution in [0.5, 0.6) is 0 Å². The Labute approximate surface area is 109 Å². The van der Waals surface area contributed by atoms with E-state index in [2.05, 4.69) is 13.8 Å². The van der Waals surface area contributed by atoms with E-state index in [0.29, 0.717) is 23.6 Å². The van der Waals surface area contributed by atoms with Crippen molar-refractivity contribution in [1.29, 1.82) is 0 Å². The molecule has 2 atom stereocenters. The number of unbranched alkanes of at least 4 members (excludes halogenated alkanes) is 1. The Morgan fingerprint density at radius 3 is 2.67 bits per heavy atom. The molecule has 1 aromatic rings. The quantitative estimate of drug-likeness (QED) is 0.720. The first kappa shape index (κ1) is 15.0. The van der Waals surface area contributed by atoms with E-state index in [1.807, 2.05) is 0 Å². The predicted molar refractivity (Wildman–Crippen MR) is 73.7 cm³/mol. The van der Waals surface area contributed by atoms with Crippen LogP contribution in [0.1, 0.15) is 57.6 Å². The number of halogens is 1. The molecule has 0 aliphatic carbocycles. The molecule has 0 bridgehead atoms. The molecule has 2 nitrogen and oxygen atoms in total. The second kappa shape index (κ2) is 7.37. The van der Waals surface area contributed by atoms with E-state index >= 15 is 0 Å². The van der Waals surface area contributed by atoms with Crippen molar-refractivity contribution in [2.24, 2.45) is 5.92 Å². The summed E-state index contributed by atoms with van der Waals surface area (Å²) in [5.74, 6) is 0.127. The van der Waals surface area contributed by atoms with E-state index in [9.17, 15) is 9.50 Å². The minimum Gasteiger partial charge on any atom is -0.398 e. The molecule has 0 saturated heterocycles. The molecule has 3 N–H and O–H groups in total. The minimum absolute atomic E-state index is 0.347. The molecule has 0 saturated carbocycles. The highest BCUT2D eigenvalue weighted by molar-refractivity contribution is 5.47. The fraction of sp³-hybridized carbons (Fsp3) is 0.600. The molecule has 0 aromatic heterocycles. The van der Waals surface area contributed by atoms with Gasteiger partial charge in [-0.05, 0) is 30.5 Å². The van der Waals surface area contributed by atoms with Crippen molar-refractivity contribution in [2.75, 3.05) is 5.73 Å². The zero-order chi connectivity index (χ0) is 13.5. The Hall–Kier alpha value is -1.09. The first-order valence-electron chi connectivity index (χ1n) is 6.81. The Kier molecular flexibility index (Phi) is 6.13. The summed E-state index contributed by atoms with van der Waals surface area (Å²) in [4.78, 5) is 0. The fourth-order valence-electron chi connectivity index (χ4n) is 2.26. The Morgan fingerprint density at radius 2 is 2.06 bits per heavy atom. The molecule has 0 radical (unpaired) electrons. The largest absolute Gasteiger partial charge is 0.398 e. The van der Waals surface area contributed by atoms with Gasteiger partial charge in [-0.3, -0.25) is 0 Å². The fourth-order valence-corrected chi connectivity index (χ4v) is 2.26. The highest BCUT2D eigenvalue weighted by atomic mass is 19.1. The first-order valence-corrected chi connectivity index (χ1v) is 6.81. The molecule has 2 unspecified atom stereocenters. The van der Waals surface area contributed by atoms with Gasteiger partial charge in [0.25, 0.3) is 0 Å². The number of aliphatic hydroxyl groups excluding tert-OH is 1. The van der Waals surface area contributed by atoms with E-state index in [-0.39, 0.29) is 5.82 Å². The zero-order valence-electron chi connectivity index (χ0n) is 11.3. The number of anilines is 1. The van der Waals surface area contributed by atoms with Gasteiger partial charge in [0.1, 0.15) is 5.82 Å². The molecule has 0 amide bonds. The minimum atomic E-state index is -0.664. The molecule has 102 valence electrons. The molecule has 1 aromatic carbocycles. The molecular weight excluding hydrogens is 229 g/mol. The maximum Gasteiger partial charge on any atom is 0.123 e. The summed E-state index contributed by atoms with van der Waals surface area (Å²) in [5, 5.41) is 10.2. The van der Waals surface area contributed by atoms with Gasteiger partial charge in [0.05, 0.1) is 6.10 Å². The van der Waals surface area contributed by atoms with Crippen molar-refractivity contribution in [3.05, 3.63) is 29.6 Å². The number of hydrogen-bond donors (Lipinski definition) is 2. The first-order chi connectivity index (χ1) is 8.58. The second-order valence-corrected chi connectivity index (χ2v) is 4.94. The number of benzene rings is 1. The van der Waals surface area contributed by atoms with Gasteiger partial charge in [0.2, 0.25) is 0 Å². The molecule has 0 heterocycles. The maximum atomic E-state index is 13.2. The van der Waals surface area contributed by atoms with E-state index in [4.69, 9.17) is 5.73 Å². The molecule has 1 rings (SSSR count). The van der Waals surface area contributed by atoms with Crippen LogP contribution >= 0.6 is 0 Å². The van der Waals surface area contributed by atoms with Crippen molar-refractivity contribution in [3.8, 4) is 0 Å². The van der Waals surface area contributed by atoms with E-state index in [1.165, 1.54) is 24.6 Å². The Morgan fingerprint density at radius 1 is 1.33 bits per heavy atom. The van der Waals surface area contributed by atoms with Crippen molar-refractivity contribution in [2.45, 2.75) is 52.1 Å². The van der Waals surface area contributed by atoms with Crippen molar-refractivity contribution in [1.82, 2.24) is 0 Å². The van der Waals surface area contributed by atoms with Gasteiger partial charge in [-0.1, -0.05) is 39.5 Å². The van der Waals surface area contributed by atoms with Crippen molar-refractivity contribution in [3.63, 3.8) is 0 Å². The van der Waals surface area contributed by atoms with E-state index in [0.717, 1.165) is 19.3 Å². The summed E-state index contributed by atoms with van der Waals surface area (Å²) in [7, 11) is 0. The van der Waals surface area contributed by atoms with Gasteiger partial charge in [-0.2, -0.15) is 0 Å². The van der Waals surface area contributed by atoms with Crippen LogP contribution in [0.15, 0.2) is 18.2 Å². The van der Waals surface area contributed by atoms with Crippen LogP contribution in [0.3, 0.4) is 0 Å². The number of aliphatic hydroxyl groups is 1. The molecule has 0 aliphatic heterocycles. The topological polar surface area (TPSA) is 46.2 Å². The average Bonchev–Trinajstić information content (AvgIpc) is 2.37. The number of rotatable bonds is 7. The van der Waals surface area contributed by atoms with Crippen molar-refractivity contribution >= 4 is 5.69 Å². The Balaban J connectivity index is 2.67. The van der Waals surface area contributed by atoms with E-state index in [1.54, 1.807) is 0 Å². The van der Waals surface area contributed by atoms with E-state index < -0.39 is 6.10 Å². The predicted octanol–water partition coefficient (Wildman–Crippen LogP) is 4.05. The Bertz CT molecular complexity index is 368. The molecule has 0 spiro atoms. The summed E-state index contributed by atoms with van der Waals surface area (Å²) >= 11 is 0. The van der Waals surface area contributed by atoms with Crippen LogP contribution in [0, 0.1) is 11.7 Å². The standard InChI is InChI=1S/C15H24FNO/c1-3-5-6-11(4-2)9-15(18)13-10-12(16)7-8-14(13)17/h7-8,10-11,15,18H,3-6,9,17H2,1-2H3. The smallest absolute Gasteiger partial charge is 0.123 e. The van der Waals surface area contributed by atoms with Crippen LogP contribution in [0.4, 0.5) is 10.1 Å². The molecule has 3 heteroatoms. The van der Waals surface area contributed by atoms with Gasteiger partial charge in [0.15, 0.2) is 0 Å². The van der Waals surface area contributed by atoms with Gasteiger partial charge < -0.3 is 10.8 Å². The average molecular weight is 253 g/mol. The number of nitrogens with two attached hydrogens (primary N) is 1. The molecule has 18 heavy (non-hydrogen) atoms. The van der Waals surface area contributed by atoms with Crippen LogP contribution in [-0.4, -0.2) is 5.11 Å². The molecule has 0 fully saturated rings. The van der Waals surface area contributed by atoms with Gasteiger partial charge in [-0.15, -0.1) is 0 Å². The lowest BCUT2D eigenvalue weighted by Crippen LogP contribution is -2.09. The number of nitrogen functional groups attached to an aromatic ring is 1. The lowest BCUT2D eigenvalue weighted by atomic mass is 9.90. The van der Waals surface area contributed by atoms with Gasteiger partial charge in [-0.25, -0.2) is 4.39 Å². The molecule has 0 aliphatic rings. The number of hydrogen-bond acceptors (Lipinski definition) is 2. The zero-order valence-corrected chi connectivity index (χ0v) is 11.3. The third-order valence-electron chi connectivity index (χ3n) is 3.51. The van der Waals surface area contributed by atoms with Crippen LogP contribution in [0.2, 0.25) is 0 Å². The third kappa shape index (κ3) is 4.30. The second-order valence-electron chi connectivity index (χ2n) is 4.94. The summed E-state index contributed by atoms with van der Waals surface area (Å²) < 4.78 is 13.2. The highest BCUT2D eigenvalue weighted by Gasteiger charge is 2.17. The summed E-state index contributed by atoms with van der Waals surface area (Å²) in [6.45, 7) is 4.29. The lowest BCUT2D eigenvalue weighted by Gasteiger charge is -2.20. The summed E-state index contributed by atoms with van der Waals surface area (Å²) in [6, 6.07) is 4.17. The van der Waals surface area contributed by atoms with Crippen LogP contribution < -0.4 is 5.73 Å². The maximum absolute atomic E-state index is 13.2. The van der Waals surface area contributed by atoms with Gasteiger partial charge in [0, 0.05) is 11.3 Å². The normalized spacial score (nSPS) is 14.4. The molecular formula is C15H24FNO. The monoisotopic (exact) mass is 253 g/mol. The third-order valence-corrected chi connectivity index (χ3v) is 3.51. The van der Waals surface area contributed by atoms with Crippen molar-refractivity contribution < 1.29 is 9.50 Å². The lowest BCUT2D eigenvalue weighted by molar-refractivity contribution is 0.139.